The van der Waals surface area contributed by atoms with Gasteiger partial charge in [0.05, 0.1) is 0 Å². The first-order chi connectivity index (χ1) is 15.4. The lowest BCUT2D eigenvalue weighted by Gasteiger charge is -2.34. The average Bonchev–Trinajstić information content (AvgIpc) is 2.82. The van der Waals surface area contributed by atoms with E-state index < -0.39 is 0 Å². The highest BCUT2D eigenvalue weighted by Gasteiger charge is 2.19. The molecule has 1 heterocycles. The Morgan fingerprint density at radius 1 is 1.19 bits per heavy atom. The van der Waals surface area contributed by atoms with E-state index in [1.807, 2.05) is 6.07 Å². The molecule has 32 heavy (non-hydrogen) atoms. The van der Waals surface area contributed by atoms with E-state index in [4.69, 9.17) is 15.5 Å². The number of benzene rings is 1. The first kappa shape index (κ1) is 26.5. The van der Waals surface area contributed by atoms with Crippen molar-refractivity contribution < 1.29 is 18.8 Å². The molecule has 1 aromatic carbocycles. The maximum absolute atomic E-state index is 13.5. The molecule has 1 amide bonds. The highest BCUT2D eigenvalue weighted by Crippen LogP contribution is 2.24. The highest BCUT2D eigenvalue weighted by atomic mass is 19.1. The largest absolute Gasteiger partial charge is 0.411 e. The molecule has 8 heteroatoms. The fourth-order valence-corrected chi connectivity index (χ4v) is 4.13. The van der Waals surface area contributed by atoms with Gasteiger partial charge in [0.15, 0.2) is 5.75 Å². The van der Waals surface area contributed by atoms with E-state index in [-0.39, 0.29) is 17.8 Å². The number of halogens is 1. The zero-order valence-corrected chi connectivity index (χ0v) is 20.2. The quantitative estimate of drug-likeness (QED) is 0.619. The van der Waals surface area contributed by atoms with Crippen LogP contribution < -0.4 is 16.1 Å². The maximum Gasteiger partial charge on any atom is 0.249 e. The third-order valence-corrected chi connectivity index (χ3v) is 6.45. The molecule has 1 saturated carbocycles. The third kappa shape index (κ3) is 8.31. The number of carbonyl (C=O) groups excluding carboxylic acids is 1. The Kier molecular flexibility index (Phi) is 11.4. The molecule has 1 aromatic rings. The van der Waals surface area contributed by atoms with Crippen LogP contribution in [0.5, 0.6) is 5.75 Å². The number of methoxy groups -OCH3 is 1. The van der Waals surface area contributed by atoms with E-state index in [2.05, 4.69) is 22.0 Å². The standard InChI is InChI=1S/C14H22FN3O.C10H19NO2/c1-3-17-4-6-18(7-5-17)10-12-8-11(2)13(15)9-14(12)19-16;1-8(13-2)10(12)11-9-6-4-3-5-7-9/h8-9H,3-7,10,16H2,1-2H3;8-9H,3-7H2,1-2H3,(H,11,12). The third-order valence-electron chi connectivity index (χ3n) is 6.45. The Morgan fingerprint density at radius 2 is 1.81 bits per heavy atom. The van der Waals surface area contributed by atoms with Gasteiger partial charge >= 0.3 is 0 Å². The summed E-state index contributed by atoms with van der Waals surface area (Å²) in [4.78, 5) is 21.0. The number of nitrogens with zero attached hydrogens (tertiary/aromatic N) is 2. The first-order valence-corrected chi connectivity index (χ1v) is 11.8. The minimum atomic E-state index is -0.318. The van der Waals surface area contributed by atoms with Crippen LogP contribution in [0.3, 0.4) is 0 Å². The summed E-state index contributed by atoms with van der Waals surface area (Å²) in [5.41, 5.74) is 1.58. The van der Waals surface area contributed by atoms with Gasteiger partial charge in [-0.15, -0.1) is 0 Å². The molecule has 2 aliphatic rings. The number of aryl methyl sites for hydroxylation is 1. The van der Waals surface area contributed by atoms with E-state index in [1.165, 1.54) is 25.3 Å². The summed E-state index contributed by atoms with van der Waals surface area (Å²) in [5.74, 6) is 5.40. The normalized spacial score (nSPS) is 19.1. The Bertz CT molecular complexity index is 705. The van der Waals surface area contributed by atoms with Gasteiger partial charge < -0.3 is 19.8 Å². The van der Waals surface area contributed by atoms with Gasteiger partial charge in [-0.05, 0) is 44.9 Å². The van der Waals surface area contributed by atoms with Gasteiger partial charge in [0.25, 0.3) is 0 Å². The maximum atomic E-state index is 13.5. The van der Waals surface area contributed by atoms with Gasteiger partial charge in [-0.2, -0.15) is 5.90 Å². The van der Waals surface area contributed by atoms with Crippen LogP contribution in [-0.4, -0.2) is 67.7 Å². The molecular formula is C24H41FN4O3. The number of likely N-dealkylation sites (N-methyl/N-ethyl adjacent to an activating group) is 1. The molecule has 1 aliphatic carbocycles. The molecular weight excluding hydrogens is 411 g/mol. The number of hydrogen-bond donors (Lipinski definition) is 2. The van der Waals surface area contributed by atoms with E-state index >= 15 is 0 Å². The average molecular weight is 453 g/mol. The zero-order valence-electron chi connectivity index (χ0n) is 20.2. The van der Waals surface area contributed by atoms with Gasteiger partial charge in [0, 0.05) is 57.5 Å². The molecule has 182 valence electrons. The lowest BCUT2D eigenvalue weighted by Crippen LogP contribution is -2.45. The molecule has 0 aromatic heterocycles. The Hall–Kier alpha value is -1.74. The predicted molar refractivity (Wildman–Crippen MR) is 125 cm³/mol. The van der Waals surface area contributed by atoms with E-state index in [9.17, 15) is 9.18 Å². The van der Waals surface area contributed by atoms with Crippen LogP contribution in [-0.2, 0) is 16.1 Å². The molecule has 7 nitrogen and oxygen atoms in total. The second kappa shape index (κ2) is 13.7. The van der Waals surface area contributed by atoms with Crippen molar-refractivity contribution in [2.75, 3.05) is 39.8 Å². The minimum Gasteiger partial charge on any atom is -0.411 e. The van der Waals surface area contributed by atoms with Crippen molar-refractivity contribution in [3.05, 3.63) is 29.1 Å². The number of ether oxygens (including phenoxy) is 1. The molecule has 0 bridgehead atoms. The van der Waals surface area contributed by atoms with Crippen molar-refractivity contribution in [3.8, 4) is 5.75 Å². The molecule has 0 spiro atoms. The van der Waals surface area contributed by atoms with Crippen molar-refractivity contribution in [3.63, 3.8) is 0 Å². The molecule has 1 aliphatic heterocycles. The van der Waals surface area contributed by atoms with E-state index in [1.54, 1.807) is 21.0 Å². The van der Waals surface area contributed by atoms with Crippen LogP contribution >= 0.6 is 0 Å². The summed E-state index contributed by atoms with van der Waals surface area (Å²) in [6.45, 7) is 11.8. The van der Waals surface area contributed by atoms with Crippen LogP contribution in [0.15, 0.2) is 12.1 Å². The van der Waals surface area contributed by atoms with E-state index in [0.29, 0.717) is 17.4 Å². The Morgan fingerprint density at radius 3 is 2.38 bits per heavy atom. The van der Waals surface area contributed by atoms with Gasteiger partial charge in [-0.25, -0.2) is 4.39 Å². The minimum absolute atomic E-state index is 0.0226. The predicted octanol–water partition coefficient (Wildman–Crippen LogP) is 2.99. The summed E-state index contributed by atoms with van der Waals surface area (Å²) < 4.78 is 18.4. The van der Waals surface area contributed by atoms with Crippen molar-refractivity contribution in [2.45, 2.75) is 71.6 Å². The molecule has 1 atom stereocenters. The lowest BCUT2D eigenvalue weighted by molar-refractivity contribution is -0.131. The van der Waals surface area contributed by atoms with Crippen LogP contribution in [0, 0.1) is 12.7 Å². The number of amides is 1. The fourth-order valence-electron chi connectivity index (χ4n) is 4.13. The Labute approximate surface area is 192 Å². The van der Waals surface area contributed by atoms with Crippen LogP contribution in [0.1, 0.15) is 57.1 Å². The molecule has 1 unspecified atom stereocenters. The summed E-state index contributed by atoms with van der Waals surface area (Å²) in [6.07, 6.45) is 5.73. The first-order valence-electron chi connectivity index (χ1n) is 11.8. The van der Waals surface area contributed by atoms with Gasteiger partial charge in [0.2, 0.25) is 5.91 Å². The van der Waals surface area contributed by atoms with Crippen molar-refractivity contribution in [2.24, 2.45) is 5.90 Å². The van der Waals surface area contributed by atoms with Gasteiger partial charge in [-0.3, -0.25) is 9.69 Å². The van der Waals surface area contributed by atoms with Crippen molar-refractivity contribution >= 4 is 5.91 Å². The smallest absolute Gasteiger partial charge is 0.249 e. The van der Waals surface area contributed by atoms with E-state index in [0.717, 1.165) is 57.7 Å². The Balaban J connectivity index is 0.000000244. The monoisotopic (exact) mass is 452 g/mol. The van der Waals surface area contributed by atoms with Crippen molar-refractivity contribution in [1.82, 2.24) is 15.1 Å². The number of piperazine rings is 1. The van der Waals surface area contributed by atoms with Crippen LogP contribution in [0.25, 0.3) is 0 Å². The number of nitrogens with one attached hydrogen (secondary N) is 1. The van der Waals surface area contributed by atoms with Crippen LogP contribution in [0.4, 0.5) is 4.39 Å². The summed E-state index contributed by atoms with van der Waals surface area (Å²) >= 11 is 0. The number of rotatable bonds is 7. The van der Waals surface area contributed by atoms with Gasteiger partial charge in [0.1, 0.15) is 11.9 Å². The van der Waals surface area contributed by atoms with Gasteiger partial charge in [-0.1, -0.05) is 26.2 Å². The topological polar surface area (TPSA) is 80.1 Å². The number of nitrogens with two attached hydrogens (primary N) is 1. The summed E-state index contributed by atoms with van der Waals surface area (Å²) in [5, 5.41) is 3.01. The molecule has 1 saturated heterocycles. The second-order valence-corrected chi connectivity index (χ2v) is 8.76. The van der Waals surface area contributed by atoms with Crippen LogP contribution in [0.2, 0.25) is 0 Å². The molecule has 3 N–H and O–H groups in total. The summed E-state index contributed by atoms with van der Waals surface area (Å²) in [7, 11) is 1.56. The molecule has 0 radical (unpaired) electrons. The highest BCUT2D eigenvalue weighted by molar-refractivity contribution is 5.80. The number of hydrogen-bond acceptors (Lipinski definition) is 6. The lowest BCUT2D eigenvalue weighted by atomic mass is 9.95. The summed E-state index contributed by atoms with van der Waals surface area (Å²) in [6, 6.07) is 3.58. The SMILES string of the molecule is CCN1CCN(Cc2cc(C)c(F)cc2ON)CC1.COC(C)C(=O)NC1CCCCC1. The number of carbonyl (C=O) groups is 1. The molecule has 2 fully saturated rings. The van der Waals surface area contributed by atoms with Crippen molar-refractivity contribution in [1.29, 1.82) is 0 Å². The fraction of sp³-hybridized carbons (Fsp3) is 0.708. The molecule has 3 rings (SSSR count). The zero-order chi connectivity index (χ0) is 23.5. The second-order valence-electron chi connectivity index (χ2n) is 8.76.